The van der Waals surface area contributed by atoms with Gasteiger partial charge in [-0.2, -0.15) is 0 Å². The first-order chi connectivity index (χ1) is 14.0. The molecule has 1 atom stereocenters. The molecule has 0 saturated heterocycles. The molecule has 3 aromatic heterocycles. The summed E-state index contributed by atoms with van der Waals surface area (Å²) >= 11 is 5.15. The van der Waals surface area contributed by atoms with Gasteiger partial charge < -0.3 is 9.30 Å². The first kappa shape index (κ1) is 18.6. The van der Waals surface area contributed by atoms with Gasteiger partial charge in [0.1, 0.15) is 6.10 Å². The van der Waals surface area contributed by atoms with Crippen LogP contribution in [0.1, 0.15) is 16.7 Å². The first-order valence-electron chi connectivity index (χ1n) is 9.22. The van der Waals surface area contributed by atoms with Crippen LogP contribution in [0.3, 0.4) is 0 Å². The zero-order valence-electron chi connectivity index (χ0n) is 15.9. The van der Waals surface area contributed by atoms with E-state index >= 15 is 0 Å². The summed E-state index contributed by atoms with van der Waals surface area (Å²) in [6, 6.07) is 11.9. The van der Waals surface area contributed by atoms with Gasteiger partial charge in [0, 0.05) is 35.6 Å². The lowest BCUT2D eigenvalue weighted by atomic mass is 10.1. The van der Waals surface area contributed by atoms with Crippen LogP contribution in [0.4, 0.5) is 0 Å². The van der Waals surface area contributed by atoms with Crippen LogP contribution in [-0.4, -0.2) is 20.3 Å². The van der Waals surface area contributed by atoms with Gasteiger partial charge in [0.05, 0.1) is 28.9 Å². The Labute approximate surface area is 178 Å². The van der Waals surface area contributed by atoms with E-state index in [-0.39, 0.29) is 17.4 Å². The third-order valence-electron chi connectivity index (χ3n) is 5.45. The van der Waals surface area contributed by atoms with Crippen LogP contribution in [0.5, 0.6) is 0 Å². The van der Waals surface area contributed by atoms with Crippen LogP contribution < -0.4 is 11.2 Å². The van der Waals surface area contributed by atoms with Crippen molar-refractivity contribution in [2.24, 2.45) is 14.1 Å². The highest BCUT2D eigenvalue weighted by Crippen LogP contribution is 2.41. The van der Waals surface area contributed by atoms with Gasteiger partial charge in [-0.1, -0.05) is 34.1 Å². The number of hydrogen-bond donors (Lipinski definition) is 0. The Hall–Kier alpha value is -2.42. The van der Waals surface area contributed by atoms with Gasteiger partial charge in [-0.3, -0.25) is 13.9 Å². The lowest BCUT2D eigenvalue weighted by Crippen LogP contribution is -2.37. The number of hydrogen-bond acceptors (Lipinski definition) is 4. The number of nitrogens with zero attached hydrogens (tertiary/aromatic N) is 3. The Morgan fingerprint density at radius 1 is 1.14 bits per heavy atom. The van der Waals surface area contributed by atoms with E-state index in [1.54, 1.807) is 23.0 Å². The highest BCUT2D eigenvalue weighted by molar-refractivity contribution is 9.10. The molecule has 29 heavy (non-hydrogen) atoms. The molecular formula is C21H18BrN3O3S. The van der Waals surface area contributed by atoms with Crippen LogP contribution in [0, 0.1) is 0 Å². The summed E-state index contributed by atoms with van der Waals surface area (Å²) in [6.07, 6.45) is -0.315. The third-order valence-corrected chi connectivity index (χ3v) is 6.86. The van der Waals surface area contributed by atoms with Gasteiger partial charge >= 0.3 is 5.69 Å². The molecule has 1 aliphatic rings. The lowest BCUT2D eigenvalue weighted by molar-refractivity contribution is 0.0500. The second kappa shape index (κ2) is 6.83. The van der Waals surface area contributed by atoms with Crippen LogP contribution in [-0.2, 0) is 25.4 Å². The second-order valence-electron chi connectivity index (χ2n) is 7.09. The normalized spacial score (nSPS) is 16.3. The summed E-state index contributed by atoms with van der Waals surface area (Å²) in [5.74, 6) is 0. The molecule has 0 spiro atoms. The van der Waals surface area contributed by atoms with Crippen LogP contribution in [0.25, 0.3) is 22.2 Å². The van der Waals surface area contributed by atoms with Crippen LogP contribution in [0.15, 0.2) is 55.8 Å². The molecule has 0 fully saturated rings. The number of ether oxygens (including phenoxy) is 1. The molecular weight excluding hydrogens is 454 g/mol. The zero-order valence-corrected chi connectivity index (χ0v) is 18.3. The van der Waals surface area contributed by atoms with Crippen molar-refractivity contribution in [3.8, 4) is 11.3 Å². The average molecular weight is 472 g/mol. The third kappa shape index (κ3) is 2.70. The SMILES string of the molecule is Cn1c(=O)c2c(-c3cccc(Br)c3)n3c(c2n(C)c1=O)[C@@H](c1cccs1)OCC3. The number of aromatic nitrogens is 3. The maximum Gasteiger partial charge on any atom is 0.331 e. The highest BCUT2D eigenvalue weighted by atomic mass is 79.9. The molecule has 0 N–H and O–H groups in total. The van der Waals surface area contributed by atoms with E-state index in [2.05, 4.69) is 20.5 Å². The van der Waals surface area contributed by atoms with Crippen molar-refractivity contribution in [3.63, 3.8) is 0 Å². The molecule has 0 saturated carbocycles. The van der Waals surface area contributed by atoms with Crippen LogP contribution >= 0.6 is 27.3 Å². The average Bonchev–Trinajstić information content (AvgIpc) is 3.36. The molecule has 0 aliphatic carbocycles. The summed E-state index contributed by atoms with van der Waals surface area (Å²) in [5, 5.41) is 2.56. The second-order valence-corrected chi connectivity index (χ2v) is 8.99. The van der Waals surface area contributed by atoms with Crippen LogP contribution in [0.2, 0.25) is 0 Å². The molecule has 4 aromatic rings. The van der Waals surface area contributed by atoms with E-state index in [0.29, 0.717) is 24.1 Å². The van der Waals surface area contributed by atoms with Crippen molar-refractivity contribution >= 4 is 38.2 Å². The Morgan fingerprint density at radius 2 is 1.97 bits per heavy atom. The number of fused-ring (bicyclic) bond motifs is 3. The fourth-order valence-electron chi connectivity index (χ4n) is 4.17. The molecule has 148 valence electrons. The summed E-state index contributed by atoms with van der Waals surface area (Å²) in [5.41, 5.74) is 2.64. The molecule has 6 nitrogen and oxygen atoms in total. The number of rotatable bonds is 2. The molecule has 8 heteroatoms. The predicted molar refractivity (Wildman–Crippen MR) is 118 cm³/mol. The van der Waals surface area contributed by atoms with E-state index in [9.17, 15) is 9.59 Å². The van der Waals surface area contributed by atoms with Crippen molar-refractivity contribution in [1.29, 1.82) is 0 Å². The van der Waals surface area contributed by atoms with Gasteiger partial charge in [0.15, 0.2) is 0 Å². The monoisotopic (exact) mass is 471 g/mol. The van der Waals surface area contributed by atoms with E-state index in [0.717, 1.165) is 26.3 Å². The van der Waals surface area contributed by atoms with Crippen molar-refractivity contribution in [2.75, 3.05) is 6.61 Å². The molecule has 4 heterocycles. The minimum Gasteiger partial charge on any atom is -0.364 e. The fraction of sp³-hybridized carbons (Fsp3) is 0.238. The number of thiophene rings is 1. The number of benzene rings is 1. The topological polar surface area (TPSA) is 58.2 Å². The van der Waals surface area contributed by atoms with Gasteiger partial charge in [0.2, 0.25) is 0 Å². The Balaban J connectivity index is 1.99. The molecule has 0 amide bonds. The maximum atomic E-state index is 13.3. The van der Waals surface area contributed by atoms with Gasteiger partial charge in [-0.25, -0.2) is 4.79 Å². The number of aryl methyl sites for hydroxylation is 1. The van der Waals surface area contributed by atoms with E-state index < -0.39 is 0 Å². The van der Waals surface area contributed by atoms with E-state index in [1.807, 2.05) is 41.8 Å². The summed E-state index contributed by atoms with van der Waals surface area (Å²) in [7, 11) is 3.24. The molecule has 1 aromatic carbocycles. The largest absolute Gasteiger partial charge is 0.364 e. The quantitative estimate of drug-likeness (QED) is 0.448. The maximum absolute atomic E-state index is 13.3. The van der Waals surface area contributed by atoms with E-state index in [4.69, 9.17) is 4.74 Å². The van der Waals surface area contributed by atoms with Crippen molar-refractivity contribution < 1.29 is 4.74 Å². The number of halogens is 1. The van der Waals surface area contributed by atoms with Crippen molar-refractivity contribution in [2.45, 2.75) is 12.6 Å². The standard InChI is InChI=1S/C21H18BrN3O3S/c1-23-17-15(20(26)24(2)21(23)27)16(12-5-3-6-13(22)11-12)25-8-9-28-19(18(17)25)14-7-4-10-29-14/h3-7,10-11,19H,8-9H2,1-2H3/t19-/m1/s1. The van der Waals surface area contributed by atoms with Crippen molar-refractivity contribution in [3.05, 3.63) is 77.7 Å². The highest BCUT2D eigenvalue weighted by Gasteiger charge is 2.33. The van der Waals surface area contributed by atoms with Gasteiger partial charge in [-0.15, -0.1) is 11.3 Å². The minimum absolute atomic E-state index is 0.287. The smallest absolute Gasteiger partial charge is 0.331 e. The Morgan fingerprint density at radius 3 is 2.69 bits per heavy atom. The minimum atomic E-state index is -0.341. The Bertz CT molecular complexity index is 1360. The summed E-state index contributed by atoms with van der Waals surface area (Å²) in [6.45, 7) is 1.15. The molecule has 0 radical (unpaired) electrons. The molecule has 1 aliphatic heterocycles. The van der Waals surface area contributed by atoms with Crippen molar-refractivity contribution in [1.82, 2.24) is 13.7 Å². The summed E-state index contributed by atoms with van der Waals surface area (Å²) < 4.78 is 12.0. The lowest BCUT2D eigenvalue weighted by Gasteiger charge is -2.26. The molecule has 0 unspecified atom stereocenters. The fourth-order valence-corrected chi connectivity index (χ4v) is 5.35. The van der Waals surface area contributed by atoms with Gasteiger partial charge in [0.25, 0.3) is 5.56 Å². The first-order valence-corrected chi connectivity index (χ1v) is 10.9. The summed E-state index contributed by atoms with van der Waals surface area (Å²) in [4.78, 5) is 27.1. The van der Waals surface area contributed by atoms with E-state index in [1.165, 1.54) is 11.6 Å². The Kier molecular flexibility index (Phi) is 4.38. The molecule has 0 bridgehead atoms. The zero-order chi connectivity index (χ0) is 20.3. The molecule has 5 rings (SSSR count). The van der Waals surface area contributed by atoms with Gasteiger partial charge in [-0.05, 0) is 23.6 Å². The predicted octanol–water partition coefficient (Wildman–Crippen LogP) is 3.65.